The Balaban J connectivity index is 1.72. The van der Waals surface area contributed by atoms with Crippen LogP contribution in [0.15, 0.2) is 18.2 Å². The van der Waals surface area contributed by atoms with E-state index in [0.29, 0.717) is 42.9 Å². The van der Waals surface area contributed by atoms with Crippen LogP contribution in [0, 0.1) is 11.8 Å². The van der Waals surface area contributed by atoms with Crippen LogP contribution in [0.2, 0.25) is 0 Å². The summed E-state index contributed by atoms with van der Waals surface area (Å²) in [6.45, 7) is 5.35. The van der Waals surface area contributed by atoms with Crippen molar-refractivity contribution in [2.75, 3.05) is 20.3 Å². The van der Waals surface area contributed by atoms with Crippen molar-refractivity contribution >= 4 is 11.8 Å². The first-order chi connectivity index (χ1) is 14.0. The Bertz CT molecular complexity index is 654. The molecular weight excluding hydrogens is 368 g/mol. The van der Waals surface area contributed by atoms with E-state index in [9.17, 15) is 9.59 Å². The Morgan fingerprint density at radius 3 is 2.52 bits per heavy atom. The summed E-state index contributed by atoms with van der Waals surface area (Å²) in [4.78, 5) is 24.1. The highest BCUT2D eigenvalue weighted by molar-refractivity contribution is 5.84. The summed E-state index contributed by atoms with van der Waals surface area (Å²) in [5.41, 5.74) is 0.917. The fraction of sp³-hybridized carbons (Fsp3) is 0.652. The summed E-state index contributed by atoms with van der Waals surface area (Å²) in [7, 11) is 1.61. The van der Waals surface area contributed by atoms with E-state index >= 15 is 0 Å². The molecule has 162 valence electrons. The molecule has 1 aromatic carbocycles. The lowest BCUT2D eigenvalue weighted by Crippen LogP contribution is -2.37. The second-order valence-corrected chi connectivity index (χ2v) is 8.28. The molecule has 0 saturated heterocycles. The molecule has 0 unspecified atom stereocenters. The minimum Gasteiger partial charge on any atom is -0.493 e. The van der Waals surface area contributed by atoms with Gasteiger partial charge in [0.05, 0.1) is 20.3 Å². The van der Waals surface area contributed by atoms with Crippen LogP contribution < -0.4 is 20.1 Å². The number of benzene rings is 1. The maximum atomic E-state index is 12.1. The first-order valence-electron chi connectivity index (χ1n) is 10.8. The average Bonchev–Trinajstić information content (AvgIpc) is 2.71. The van der Waals surface area contributed by atoms with Crippen LogP contribution in [-0.2, 0) is 16.1 Å². The third-order valence-electron chi connectivity index (χ3n) is 5.32. The van der Waals surface area contributed by atoms with Gasteiger partial charge in [-0.05, 0) is 48.8 Å². The van der Waals surface area contributed by atoms with Crippen molar-refractivity contribution in [1.29, 1.82) is 0 Å². The minimum absolute atomic E-state index is 0.0130. The molecule has 0 radical (unpaired) electrons. The first kappa shape index (κ1) is 23.0. The van der Waals surface area contributed by atoms with Gasteiger partial charge in [-0.3, -0.25) is 9.59 Å². The normalized spacial score (nSPS) is 14.5. The second-order valence-electron chi connectivity index (χ2n) is 8.28. The molecule has 0 spiro atoms. The third kappa shape index (κ3) is 8.75. The number of rotatable bonds is 11. The van der Waals surface area contributed by atoms with Crippen molar-refractivity contribution in [3.63, 3.8) is 0 Å². The van der Waals surface area contributed by atoms with Crippen LogP contribution in [0.3, 0.4) is 0 Å². The molecule has 0 heterocycles. The summed E-state index contributed by atoms with van der Waals surface area (Å²) >= 11 is 0. The van der Waals surface area contributed by atoms with Crippen LogP contribution in [0.1, 0.15) is 64.4 Å². The molecule has 2 amide bonds. The van der Waals surface area contributed by atoms with Crippen LogP contribution in [0.5, 0.6) is 11.5 Å². The van der Waals surface area contributed by atoms with E-state index in [4.69, 9.17) is 9.47 Å². The van der Waals surface area contributed by atoms with E-state index in [0.717, 1.165) is 24.8 Å². The van der Waals surface area contributed by atoms with Gasteiger partial charge in [-0.25, -0.2) is 0 Å². The minimum atomic E-state index is -0.196. The Kier molecular flexibility index (Phi) is 9.81. The molecule has 0 bridgehead atoms. The highest BCUT2D eigenvalue weighted by Crippen LogP contribution is 2.28. The smallest absolute Gasteiger partial charge is 0.239 e. The maximum Gasteiger partial charge on any atom is 0.239 e. The predicted molar refractivity (Wildman–Crippen MR) is 114 cm³/mol. The Morgan fingerprint density at radius 2 is 1.83 bits per heavy atom. The summed E-state index contributed by atoms with van der Waals surface area (Å²) in [5.74, 6) is 2.19. The van der Waals surface area contributed by atoms with Crippen molar-refractivity contribution in [3.8, 4) is 11.5 Å². The number of amides is 2. The van der Waals surface area contributed by atoms with Crippen molar-refractivity contribution in [2.24, 2.45) is 11.8 Å². The Hall–Kier alpha value is -2.24. The number of carbonyl (C=O) groups excluding carboxylic acids is 2. The second kappa shape index (κ2) is 12.3. The first-order valence-corrected chi connectivity index (χ1v) is 10.8. The van der Waals surface area contributed by atoms with Gasteiger partial charge in [0.15, 0.2) is 11.5 Å². The zero-order valence-electron chi connectivity index (χ0n) is 18.1. The summed E-state index contributed by atoms with van der Waals surface area (Å²) in [6.07, 6.45) is 7.46. The van der Waals surface area contributed by atoms with Gasteiger partial charge in [0, 0.05) is 13.0 Å². The van der Waals surface area contributed by atoms with Gasteiger partial charge >= 0.3 is 0 Å². The van der Waals surface area contributed by atoms with Crippen LogP contribution >= 0.6 is 0 Å². The standard InChI is InChI=1S/C23H36N2O4/c1-17(2)11-12-29-20-10-9-19(13-21(20)28-3)15-24-23(27)16-25-22(26)14-18-7-5-4-6-8-18/h9-10,13,17-18H,4-8,11-12,14-16H2,1-3H3,(H,24,27)(H,25,26). The highest BCUT2D eigenvalue weighted by atomic mass is 16.5. The zero-order chi connectivity index (χ0) is 21.1. The Morgan fingerprint density at radius 1 is 1.07 bits per heavy atom. The van der Waals surface area contributed by atoms with E-state index in [-0.39, 0.29) is 18.4 Å². The summed E-state index contributed by atoms with van der Waals surface area (Å²) in [6, 6.07) is 5.65. The molecule has 1 saturated carbocycles. The van der Waals surface area contributed by atoms with Gasteiger partial charge in [0.2, 0.25) is 11.8 Å². The number of nitrogens with one attached hydrogen (secondary N) is 2. The molecule has 6 nitrogen and oxygen atoms in total. The largest absolute Gasteiger partial charge is 0.493 e. The number of methoxy groups -OCH3 is 1. The van der Waals surface area contributed by atoms with Gasteiger partial charge < -0.3 is 20.1 Å². The molecule has 0 aliphatic heterocycles. The Labute approximate surface area is 174 Å². The van der Waals surface area contributed by atoms with Crippen LogP contribution in [0.4, 0.5) is 0 Å². The monoisotopic (exact) mass is 404 g/mol. The van der Waals surface area contributed by atoms with Crippen molar-refractivity contribution in [1.82, 2.24) is 10.6 Å². The van der Waals surface area contributed by atoms with Gasteiger partial charge in [-0.1, -0.05) is 39.2 Å². The lowest BCUT2D eigenvalue weighted by molar-refractivity contribution is -0.126. The molecule has 0 aromatic heterocycles. The van der Waals surface area contributed by atoms with Gasteiger partial charge in [0.25, 0.3) is 0 Å². The molecule has 1 aromatic rings. The number of hydrogen-bond donors (Lipinski definition) is 2. The quantitative estimate of drug-likeness (QED) is 0.588. The molecule has 2 N–H and O–H groups in total. The summed E-state index contributed by atoms with van der Waals surface area (Å²) < 4.78 is 11.2. The van der Waals surface area contributed by atoms with Gasteiger partial charge in [0.1, 0.15) is 0 Å². The molecule has 0 atom stereocenters. The fourth-order valence-corrected chi connectivity index (χ4v) is 3.51. The van der Waals surface area contributed by atoms with Gasteiger partial charge in [-0.2, -0.15) is 0 Å². The number of ether oxygens (including phenoxy) is 2. The maximum absolute atomic E-state index is 12.1. The molecule has 2 rings (SSSR count). The zero-order valence-corrected chi connectivity index (χ0v) is 18.1. The topological polar surface area (TPSA) is 76.7 Å². The lowest BCUT2D eigenvalue weighted by Gasteiger charge is -2.20. The van der Waals surface area contributed by atoms with Crippen molar-refractivity contribution in [3.05, 3.63) is 23.8 Å². The van der Waals surface area contributed by atoms with E-state index in [2.05, 4.69) is 24.5 Å². The van der Waals surface area contributed by atoms with Crippen molar-refractivity contribution in [2.45, 2.75) is 65.3 Å². The number of carbonyl (C=O) groups is 2. The predicted octanol–water partition coefficient (Wildman–Crippen LogP) is 3.82. The molecule has 29 heavy (non-hydrogen) atoms. The average molecular weight is 405 g/mol. The van der Waals surface area contributed by atoms with E-state index in [1.807, 2.05) is 18.2 Å². The number of hydrogen-bond acceptors (Lipinski definition) is 4. The summed E-state index contributed by atoms with van der Waals surface area (Å²) in [5, 5.41) is 5.57. The van der Waals surface area contributed by atoms with E-state index in [1.165, 1.54) is 19.3 Å². The SMILES string of the molecule is COc1cc(CNC(=O)CNC(=O)CC2CCCCC2)ccc1OCCC(C)C. The molecule has 1 fully saturated rings. The molecule has 6 heteroatoms. The third-order valence-corrected chi connectivity index (χ3v) is 5.32. The molecule has 1 aliphatic rings. The van der Waals surface area contributed by atoms with Crippen molar-refractivity contribution < 1.29 is 19.1 Å². The molecule has 1 aliphatic carbocycles. The van der Waals surface area contributed by atoms with E-state index < -0.39 is 0 Å². The molecular formula is C23H36N2O4. The lowest BCUT2D eigenvalue weighted by atomic mass is 9.87. The van der Waals surface area contributed by atoms with E-state index in [1.54, 1.807) is 7.11 Å². The van der Waals surface area contributed by atoms with Crippen LogP contribution in [0.25, 0.3) is 0 Å². The van der Waals surface area contributed by atoms with Crippen LogP contribution in [-0.4, -0.2) is 32.1 Å². The van der Waals surface area contributed by atoms with Gasteiger partial charge in [-0.15, -0.1) is 0 Å². The highest BCUT2D eigenvalue weighted by Gasteiger charge is 2.17. The fourth-order valence-electron chi connectivity index (χ4n) is 3.51.